The third kappa shape index (κ3) is 3.40. The fourth-order valence-electron chi connectivity index (χ4n) is 1.79. The molecule has 1 N–H and O–H groups in total. The summed E-state index contributed by atoms with van der Waals surface area (Å²) in [6, 6.07) is 0. The first-order valence-corrected chi connectivity index (χ1v) is 8.16. The molecule has 0 fully saturated rings. The lowest BCUT2D eigenvalue weighted by Crippen LogP contribution is -2.25. The van der Waals surface area contributed by atoms with Gasteiger partial charge in [0.05, 0.1) is 30.4 Å². The van der Waals surface area contributed by atoms with Crippen molar-refractivity contribution in [2.75, 3.05) is 5.75 Å². The molecule has 1 amide bonds. The van der Waals surface area contributed by atoms with E-state index in [-0.39, 0.29) is 5.91 Å². The largest absolute Gasteiger partial charge is 0.350 e. The molecule has 0 aliphatic heterocycles. The summed E-state index contributed by atoms with van der Waals surface area (Å²) in [6.07, 6.45) is 6.96. The first kappa shape index (κ1) is 14.0. The first-order chi connectivity index (χ1) is 10.2. The number of thiazole rings is 1. The highest BCUT2D eigenvalue weighted by Crippen LogP contribution is 2.21. The van der Waals surface area contributed by atoms with Crippen molar-refractivity contribution >= 4 is 34.7 Å². The molecule has 3 aromatic rings. The van der Waals surface area contributed by atoms with Gasteiger partial charge in [0.15, 0.2) is 9.99 Å². The third-order valence-corrected chi connectivity index (χ3v) is 4.92. The Morgan fingerprint density at radius 1 is 1.48 bits per heavy atom. The Balaban J connectivity index is 1.54. The van der Waals surface area contributed by atoms with E-state index in [1.807, 2.05) is 22.9 Å². The number of hydrogen-bond acceptors (Lipinski definition) is 6. The van der Waals surface area contributed by atoms with Gasteiger partial charge in [-0.3, -0.25) is 14.2 Å². The molecule has 6 nitrogen and oxygen atoms in total. The van der Waals surface area contributed by atoms with Gasteiger partial charge in [-0.25, -0.2) is 9.97 Å². The van der Waals surface area contributed by atoms with Gasteiger partial charge in [0.25, 0.3) is 0 Å². The molecule has 0 aromatic carbocycles. The molecule has 0 spiro atoms. The maximum atomic E-state index is 11.9. The van der Waals surface area contributed by atoms with Crippen LogP contribution in [0, 0.1) is 6.92 Å². The van der Waals surface area contributed by atoms with Gasteiger partial charge in [-0.2, -0.15) is 0 Å². The number of carbonyl (C=O) groups excluding carboxylic acids is 1. The molecular formula is C13H13N5OS2. The number of nitrogens with one attached hydrogen (secondary N) is 1. The Kier molecular flexibility index (Phi) is 4.16. The van der Waals surface area contributed by atoms with Crippen LogP contribution in [-0.2, 0) is 11.3 Å². The Morgan fingerprint density at radius 2 is 2.38 bits per heavy atom. The quantitative estimate of drug-likeness (QED) is 0.727. The molecule has 21 heavy (non-hydrogen) atoms. The van der Waals surface area contributed by atoms with E-state index < -0.39 is 0 Å². The van der Waals surface area contributed by atoms with Crippen molar-refractivity contribution in [2.24, 2.45) is 0 Å². The van der Waals surface area contributed by atoms with Crippen LogP contribution in [0.2, 0.25) is 0 Å². The van der Waals surface area contributed by atoms with Crippen LogP contribution in [0.15, 0.2) is 34.5 Å². The van der Waals surface area contributed by atoms with Gasteiger partial charge >= 0.3 is 0 Å². The number of hydrogen-bond donors (Lipinski definition) is 1. The number of aromatic nitrogens is 4. The zero-order valence-electron chi connectivity index (χ0n) is 11.3. The lowest BCUT2D eigenvalue weighted by Gasteiger charge is -2.04. The van der Waals surface area contributed by atoms with Crippen LogP contribution < -0.4 is 5.32 Å². The van der Waals surface area contributed by atoms with Gasteiger partial charge in [0.2, 0.25) is 5.91 Å². The molecule has 0 bridgehead atoms. The van der Waals surface area contributed by atoms with Gasteiger partial charge in [0, 0.05) is 23.5 Å². The second-order valence-electron chi connectivity index (χ2n) is 4.37. The van der Waals surface area contributed by atoms with Crippen molar-refractivity contribution in [1.29, 1.82) is 0 Å². The van der Waals surface area contributed by atoms with Gasteiger partial charge in [-0.1, -0.05) is 11.8 Å². The van der Waals surface area contributed by atoms with E-state index in [1.165, 1.54) is 11.8 Å². The smallest absolute Gasteiger partial charge is 0.230 e. The van der Waals surface area contributed by atoms with Crippen molar-refractivity contribution in [3.63, 3.8) is 0 Å². The van der Waals surface area contributed by atoms with Crippen molar-refractivity contribution in [3.8, 4) is 0 Å². The topological polar surface area (TPSA) is 72.2 Å². The lowest BCUT2D eigenvalue weighted by molar-refractivity contribution is -0.118. The molecule has 0 unspecified atom stereocenters. The molecule has 3 rings (SSSR count). The molecule has 0 aliphatic carbocycles. The van der Waals surface area contributed by atoms with Gasteiger partial charge in [0.1, 0.15) is 0 Å². The number of carbonyl (C=O) groups is 1. The SMILES string of the molecule is Cc1csc(SCC(=O)NCc2cnc3cnccn23)n1. The minimum absolute atomic E-state index is 0.0168. The van der Waals surface area contributed by atoms with E-state index in [0.29, 0.717) is 12.3 Å². The summed E-state index contributed by atoms with van der Waals surface area (Å²) in [5.41, 5.74) is 2.69. The second-order valence-corrected chi connectivity index (χ2v) is 6.45. The highest BCUT2D eigenvalue weighted by molar-refractivity contribution is 8.01. The first-order valence-electron chi connectivity index (χ1n) is 6.30. The average Bonchev–Trinajstić information content (AvgIpc) is 3.09. The molecule has 0 saturated carbocycles. The van der Waals surface area contributed by atoms with E-state index >= 15 is 0 Å². The van der Waals surface area contributed by atoms with E-state index in [1.54, 1.807) is 29.9 Å². The standard InChI is InChI=1S/C13H13N5OS2/c1-9-7-20-13(17-9)21-8-12(19)16-5-10-4-15-11-6-14-2-3-18(10)11/h2-4,6-7H,5,8H2,1H3,(H,16,19). The zero-order chi connectivity index (χ0) is 14.7. The molecule has 3 heterocycles. The van der Waals surface area contributed by atoms with Gasteiger partial charge in [-0.05, 0) is 6.92 Å². The van der Waals surface area contributed by atoms with Crippen molar-refractivity contribution in [3.05, 3.63) is 41.6 Å². The minimum atomic E-state index is -0.0168. The summed E-state index contributed by atoms with van der Waals surface area (Å²) in [5.74, 6) is 0.350. The number of fused-ring (bicyclic) bond motifs is 1. The number of rotatable bonds is 5. The number of nitrogens with zero attached hydrogens (tertiary/aromatic N) is 4. The summed E-state index contributed by atoms with van der Waals surface area (Å²) in [7, 11) is 0. The van der Waals surface area contributed by atoms with Crippen LogP contribution >= 0.6 is 23.1 Å². The van der Waals surface area contributed by atoms with Gasteiger partial charge < -0.3 is 5.32 Å². The monoisotopic (exact) mass is 319 g/mol. The minimum Gasteiger partial charge on any atom is -0.350 e. The lowest BCUT2D eigenvalue weighted by atomic mass is 10.4. The predicted octanol–water partition coefficient (Wildman–Crippen LogP) is 1.90. The third-order valence-electron chi connectivity index (χ3n) is 2.79. The molecule has 8 heteroatoms. The van der Waals surface area contributed by atoms with Crippen LogP contribution in [0.1, 0.15) is 11.4 Å². The van der Waals surface area contributed by atoms with Crippen molar-refractivity contribution in [1.82, 2.24) is 24.7 Å². The fraction of sp³-hybridized carbons (Fsp3) is 0.231. The number of imidazole rings is 1. The number of aryl methyl sites for hydroxylation is 1. The summed E-state index contributed by atoms with van der Waals surface area (Å²) in [5, 5.41) is 4.87. The molecule has 0 aliphatic rings. The summed E-state index contributed by atoms with van der Waals surface area (Å²) in [4.78, 5) is 24.4. The normalized spacial score (nSPS) is 10.9. The highest BCUT2D eigenvalue weighted by Gasteiger charge is 2.07. The predicted molar refractivity (Wildman–Crippen MR) is 82.4 cm³/mol. The molecule has 3 aromatic heterocycles. The van der Waals surface area contributed by atoms with Gasteiger partial charge in [-0.15, -0.1) is 11.3 Å². The summed E-state index contributed by atoms with van der Waals surface area (Å²) in [6.45, 7) is 2.39. The van der Waals surface area contributed by atoms with E-state index in [4.69, 9.17) is 0 Å². The zero-order valence-corrected chi connectivity index (χ0v) is 12.9. The van der Waals surface area contributed by atoms with Crippen LogP contribution in [0.25, 0.3) is 5.65 Å². The molecular weight excluding hydrogens is 306 g/mol. The fourth-order valence-corrected chi connectivity index (χ4v) is 3.47. The molecule has 108 valence electrons. The van der Waals surface area contributed by atoms with Crippen LogP contribution in [-0.4, -0.2) is 31.0 Å². The van der Waals surface area contributed by atoms with Crippen LogP contribution in [0.5, 0.6) is 0 Å². The maximum Gasteiger partial charge on any atom is 0.230 e. The molecule has 0 atom stereocenters. The van der Waals surface area contributed by atoms with Crippen molar-refractivity contribution < 1.29 is 4.79 Å². The Hall–Kier alpha value is -1.93. The average molecular weight is 319 g/mol. The second kappa shape index (κ2) is 6.23. The molecule has 0 radical (unpaired) electrons. The summed E-state index contributed by atoms with van der Waals surface area (Å²) < 4.78 is 2.83. The number of thioether (sulfide) groups is 1. The molecule has 0 saturated heterocycles. The van der Waals surface area contributed by atoms with Crippen LogP contribution in [0.4, 0.5) is 0 Å². The Bertz CT molecular complexity index is 767. The van der Waals surface area contributed by atoms with Crippen molar-refractivity contribution in [2.45, 2.75) is 17.8 Å². The van der Waals surface area contributed by atoms with E-state index in [9.17, 15) is 4.79 Å². The summed E-state index contributed by atoms with van der Waals surface area (Å²) >= 11 is 3.01. The van der Waals surface area contributed by atoms with Crippen LogP contribution in [0.3, 0.4) is 0 Å². The number of amides is 1. The maximum absolute atomic E-state index is 11.9. The Labute approximate surface area is 129 Å². The highest BCUT2D eigenvalue weighted by atomic mass is 32.2. The van der Waals surface area contributed by atoms with E-state index in [2.05, 4.69) is 20.3 Å². The van der Waals surface area contributed by atoms with E-state index in [0.717, 1.165) is 21.4 Å². The Morgan fingerprint density at radius 3 is 3.19 bits per heavy atom.